The molecular weight excluding hydrogens is 312 g/mol. The number of hydrogen-bond acceptors (Lipinski definition) is 5. The lowest BCUT2D eigenvalue weighted by molar-refractivity contribution is -0.103. The minimum Gasteiger partial charge on any atom is -0.380 e. The molecule has 1 saturated heterocycles. The standard InChI is InChI=1S/C18H36O4S/c1-5-8-11-20-14-15-16(21-12-9-6-2)17(18(19-4)23-15)22-13-10-7-3/h15-18H,5-14H2,1-4H3/t15-,16+,17-,18?/m1/s1. The van der Waals surface area contributed by atoms with Crippen molar-refractivity contribution >= 4 is 11.8 Å². The largest absolute Gasteiger partial charge is 0.380 e. The van der Waals surface area contributed by atoms with E-state index in [4.69, 9.17) is 18.9 Å². The van der Waals surface area contributed by atoms with E-state index in [0.29, 0.717) is 5.25 Å². The Kier molecular flexibility index (Phi) is 12.4. The van der Waals surface area contributed by atoms with Crippen molar-refractivity contribution in [2.75, 3.05) is 33.5 Å². The maximum atomic E-state index is 6.18. The Bertz CT molecular complexity index is 278. The van der Waals surface area contributed by atoms with Crippen LogP contribution in [0.2, 0.25) is 0 Å². The molecule has 0 aliphatic carbocycles. The molecule has 1 heterocycles. The fraction of sp³-hybridized carbons (Fsp3) is 1.00. The first-order chi connectivity index (χ1) is 11.3. The molecule has 0 radical (unpaired) electrons. The van der Waals surface area contributed by atoms with E-state index in [1.165, 1.54) is 0 Å². The Morgan fingerprint density at radius 1 is 0.783 bits per heavy atom. The molecular formula is C18H36O4S. The fourth-order valence-corrected chi connectivity index (χ4v) is 3.97. The van der Waals surface area contributed by atoms with E-state index in [9.17, 15) is 0 Å². The summed E-state index contributed by atoms with van der Waals surface area (Å²) in [7, 11) is 1.76. The molecule has 138 valence electrons. The van der Waals surface area contributed by atoms with Crippen molar-refractivity contribution in [3.8, 4) is 0 Å². The van der Waals surface area contributed by atoms with Crippen LogP contribution >= 0.6 is 11.8 Å². The first-order valence-electron chi connectivity index (χ1n) is 9.27. The zero-order valence-corrected chi connectivity index (χ0v) is 16.2. The average molecular weight is 349 g/mol. The highest BCUT2D eigenvalue weighted by Gasteiger charge is 2.46. The molecule has 0 aromatic carbocycles. The zero-order chi connectivity index (χ0) is 16.9. The summed E-state index contributed by atoms with van der Waals surface area (Å²) in [4.78, 5) is 0. The van der Waals surface area contributed by atoms with Crippen molar-refractivity contribution in [1.82, 2.24) is 0 Å². The van der Waals surface area contributed by atoms with Gasteiger partial charge in [-0.2, -0.15) is 0 Å². The van der Waals surface area contributed by atoms with Crippen molar-refractivity contribution in [3.05, 3.63) is 0 Å². The molecule has 0 saturated carbocycles. The maximum absolute atomic E-state index is 6.18. The van der Waals surface area contributed by atoms with Crippen LogP contribution in [0, 0.1) is 0 Å². The summed E-state index contributed by atoms with van der Waals surface area (Å²) in [5, 5.41) is 0.292. The van der Waals surface area contributed by atoms with Crippen LogP contribution in [0.4, 0.5) is 0 Å². The maximum Gasteiger partial charge on any atom is 0.132 e. The number of rotatable bonds is 14. The summed E-state index contributed by atoms with van der Waals surface area (Å²) in [5.74, 6) is 0. The lowest BCUT2D eigenvalue weighted by Crippen LogP contribution is -2.40. The van der Waals surface area contributed by atoms with Gasteiger partial charge >= 0.3 is 0 Å². The lowest BCUT2D eigenvalue weighted by Gasteiger charge is -2.26. The van der Waals surface area contributed by atoms with Gasteiger partial charge in [-0.1, -0.05) is 40.0 Å². The SMILES string of the molecule is CCCCOC[C@H]1SC(OC)[C@H](OCCCC)[C@H]1OCCCC. The van der Waals surface area contributed by atoms with E-state index < -0.39 is 0 Å². The van der Waals surface area contributed by atoms with Gasteiger partial charge < -0.3 is 18.9 Å². The number of ether oxygens (including phenoxy) is 4. The van der Waals surface area contributed by atoms with Gasteiger partial charge in [0.15, 0.2) is 0 Å². The third-order valence-electron chi connectivity index (χ3n) is 4.04. The Morgan fingerprint density at radius 2 is 1.35 bits per heavy atom. The molecule has 1 aliphatic rings. The van der Waals surface area contributed by atoms with E-state index in [0.717, 1.165) is 65.0 Å². The molecule has 1 rings (SSSR count). The summed E-state index contributed by atoms with van der Waals surface area (Å²) in [6.45, 7) is 9.66. The van der Waals surface area contributed by atoms with Gasteiger partial charge in [-0.3, -0.25) is 0 Å². The van der Waals surface area contributed by atoms with Gasteiger partial charge in [-0.15, -0.1) is 11.8 Å². The van der Waals surface area contributed by atoms with E-state index in [2.05, 4.69) is 20.8 Å². The quantitative estimate of drug-likeness (QED) is 0.438. The van der Waals surface area contributed by atoms with Crippen molar-refractivity contribution in [2.24, 2.45) is 0 Å². The predicted octanol–water partition coefficient (Wildman–Crippen LogP) is 4.26. The van der Waals surface area contributed by atoms with Crippen LogP contribution < -0.4 is 0 Å². The van der Waals surface area contributed by atoms with Crippen LogP contribution in [0.3, 0.4) is 0 Å². The van der Waals surface area contributed by atoms with Crippen LogP contribution in [0.5, 0.6) is 0 Å². The second-order valence-corrected chi connectivity index (χ2v) is 7.43. The summed E-state index contributed by atoms with van der Waals surface area (Å²) >= 11 is 1.80. The molecule has 0 aromatic heterocycles. The smallest absolute Gasteiger partial charge is 0.132 e. The van der Waals surface area contributed by atoms with Gasteiger partial charge in [0, 0.05) is 26.9 Å². The zero-order valence-electron chi connectivity index (χ0n) is 15.4. The summed E-state index contributed by atoms with van der Waals surface area (Å²) in [5.41, 5.74) is 0.0401. The van der Waals surface area contributed by atoms with Gasteiger partial charge in [-0.05, 0) is 19.3 Å². The summed E-state index contributed by atoms with van der Waals surface area (Å²) < 4.78 is 23.8. The van der Waals surface area contributed by atoms with Gasteiger partial charge in [0.05, 0.1) is 11.9 Å². The summed E-state index contributed by atoms with van der Waals surface area (Å²) in [6, 6.07) is 0. The molecule has 1 fully saturated rings. The molecule has 23 heavy (non-hydrogen) atoms. The minimum atomic E-state index is 0.00758. The topological polar surface area (TPSA) is 36.9 Å². The average Bonchev–Trinajstić information content (AvgIpc) is 2.89. The highest BCUT2D eigenvalue weighted by Crippen LogP contribution is 2.38. The van der Waals surface area contributed by atoms with Crippen LogP contribution in [-0.4, -0.2) is 56.4 Å². The van der Waals surface area contributed by atoms with E-state index in [-0.39, 0.29) is 17.6 Å². The van der Waals surface area contributed by atoms with Gasteiger partial charge in [0.25, 0.3) is 0 Å². The van der Waals surface area contributed by atoms with Crippen LogP contribution in [0.1, 0.15) is 59.3 Å². The van der Waals surface area contributed by atoms with Gasteiger partial charge in [-0.25, -0.2) is 0 Å². The molecule has 4 nitrogen and oxygen atoms in total. The molecule has 4 atom stereocenters. The van der Waals surface area contributed by atoms with Crippen molar-refractivity contribution < 1.29 is 18.9 Å². The molecule has 0 spiro atoms. The molecule has 1 aliphatic heterocycles. The predicted molar refractivity (Wildman–Crippen MR) is 97.2 cm³/mol. The van der Waals surface area contributed by atoms with Crippen molar-refractivity contribution in [3.63, 3.8) is 0 Å². The van der Waals surface area contributed by atoms with E-state index >= 15 is 0 Å². The highest BCUT2D eigenvalue weighted by atomic mass is 32.2. The molecule has 0 bridgehead atoms. The molecule has 1 unspecified atom stereocenters. The molecule has 0 amide bonds. The molecule has 0 aromatic rings. The Labute approximate surface area is 147 Å². The first-order valence-corrected chi connectivity index (χ1v) is 10.2. The fourth-order valence-electron chi connectivity index (χ4n) is 2.57. The Hall–Kier alpha value is 0.190. The van der Waals surface area contributed by atoms with E-state index in [1.54, 1.807) is 18.9 Å². The monoisotopic (exact) mass is 348 g/mol. The Morgan fingerprint density at radius 3 is 1.91 bits per heavy atom. The molecule has 0 N–H and O–H groups in total. The van der Waals surface area contributed by atoms with Crippen LogP contribution in [0.15, 0.2) is 0 Å². The van der Waals surface area contributed by atoms with Crippen LogP contribution in [0.25, 0.3) is 0 Å². The van der Waals surface area contributed by atoms with Crippen molar-refractivity contribution in [2.45, 2.75) is 82.2 Å². The number of unbranched alkanes of at least 4 members (excludes halogenated alkanes) is 3. The minimum absolute atomic E-state index is 0.00758. The third-order valence-corrected chi connectivity index (χ3v) is 5.52. The third kappa shape index (κ3) is 7.74. The first kappa shape index (κ1) is 21.2. The normalized spacial score (nSPS) is 27.7. The van der Waals surface area contributed by atoms with E-state index in [1.807, 2.05) is 0 Å². The number of thioether (sulfide) groups is 1. The number of hydrogen-bond donors (Lipinski definition) is 0. The number of methoxy groups -OCH3 is 1. The lowest BCUT2D eigenvalue weighted by atomic mass is 10.1. The van der Waals surface area contributed by atoms with Crippen LogP contribution in [-0.2, 0) is 18.9 Å². The Balaban J connectivity index is 2.57. The van der Waals surface area contributed by atoms with Gasteiger partial charge in [0.1, 0.15) is 17.6 Å². The second kappa shape index (κ2) is 13.5. The highest BCUT2D eigenvalue weighted by molar-refractivity contribution is 8.00. The van der Waals surface area contributed by atoms with Crippen molar-refractivity contribution in [1.29, 1.82) is 0 Å². The second-order valence-electron chi connectivity index (χ2n) is 6.09. The molecule has 5 heteroatoms. The van der Waals surface area contributed by atoms with Gasteiger partial charge in [0.2, 0.25) is 0 Å². The summed E-state index contributed by atoms with van der Waals surface area (Å²) in [6.07, 6.45) is 6.80.